The van der Waals surface area contributed by atoms with E-state index in [1.54, 1.807) is 24.3 Å². The van der Waals surface area contributed by atoms with E-state index in [0.717, 1.165) is 42.0 Å². The van der Waals surface area contributed by atoms with Gasteiger partial charge in [0.2, 0.25) is 11.9 Å². The Hall–Kier alpha value is -5.79. The molecule has 1 heterocycles. The second kappa shape index (κ2) is 17.4. The van der Waals surface area contributed by atoms with Crippen LogP contribution in [-0.4, -0.2) is 97.2 Å². The van der Waals surface area contributed by atoms with Crippen LogP contribution in [0.1, 0.15) is 22.3 Å². The molecule has 0 bridgehead atoms. The van der Waals surface area contributed by atoms with Crippen LogP contribution in [0.3, 0.4) is 0 Å². The van der Waals surface area contributed by atoms with Gasteiger partial charge >= 0.3 is 12.0 Å². The van der Waals surface area contributed by atoms with Gasteiger partial charge in [0.25, 0.3) is 20.2 Å². The molecule has 0 saturated heterocycles. The van der Waals surface area contributed by atoms with E-state index >= 15 is 0 Å². The molecule has 6 N–H and O–H groups in total. The lowest BCUT2D eigenvalue weighted by Crippen LogP contribution is -2.16. The summed E-state index contributed by atoms with van der Waals surface area (Å²) < 4.78 is 109. The highest BCUT2D eigenvalue weighted by molar-refractivity contribution is 7.94. The van der Waals surface area contributed by atoms with Crippen molar-refractivity contribution in [2.75, 3.05) is 36.1 Å². The fourth-order valence-electron chi connectivity index (χ4n) is 4.19. The normalized spacial score (nSPS) is 14.4. The third-order valence-corrected chi connectivity index (χ3v) is 9.73. The number of nitrogens with zero attached hydrogens (tertiary/aromatic N) is 6. The number of benzene rings is 2. The van der Waals surface area contributed by atoms with Crippen molar-refractivity contribution < 1.29 is 58.5 Å². The summed E-state index contributed by atoms with van der Waals surface area (Å²) in [6.45, 7) is 3.00. The Morgan fingerprint density at radius 3 is 2.35 bits per heavy atom. The first-order valence-electron chi connectivity index (χ1n) is 14.9. The maximum Gasteiger partial charge on any atom is 0.337 e. The molecule has 20 nitrogen and oxygen atoms in total. The number of rotatable bonds is 17. The third kappa shape index (κ3) is 11.6. The molecule has 0 unspecified atom stereocenters. The van der Waals surface area contributed by atoms with Crippen molar-refractivity contribution in [3.63, 3.8) is 0 Å². The van der Waals surface area contributed by atoms with Gasteiger partial charge < -0.3 is 25.6 Å². The molecule has 0 saturated carbocycles. The van der Waals surface area contributed by atoms with E-state index in [0.29, 0.717) is 5.57 Å². The molecule has 0 spiro atoms. The van der Waals surface area contributed by atoms with Gasteiger partial charge in [-0.1, -0.05) is 30.9 Å². The van der Waals surface area contributed by atoms with E-state index in [9.17, 15) is 53.8 Å². The van der Waals surface area contributed by atoms with E-state index in [1.165, 1.54) is 0 Å². The van der Waals surface area contributed by atoms with E-state index in [4.69, 9.17) is 4.74 Å². The number of ether oxygens (including phenoxy) is 1. The number of allylic oxidation sites excluding steroid dienone is 5. The van der Waals surface area contributed by atoms with Gasteiger partial charge in [-0.15, -0.1) is 10.2 Å². The number of aromatic hydroxyl groups is 1. The number of halogens is 1. The van der Waals surface area contributed by atoms with Crippen molar-refractivity contribution in [2.24, 2.45) is 15.2 Å². The van der Waals surface area contributed by atoms with E-state index < -0.39 is 80.5 Å². The minimum absolute atomic E-state index is 0.00905. The Balaban J connectivity index is 1.66. The second-order valence-corrected chi connectivity index (χ2v) is 15.5. The van der Waals surface area contributed by atoms with Crippen LogP contribution in [0.4, 0.5) is 27.7 Å². The molecule has 1 aromatic heterocycles. The molecule has 0 atom stereocenters. The van der Waals surface area contributed by atoms with Gasteiger partial charge in [-0.25, -0.2) is 18.2 Å². The highest BCUT2D eigenvalue weighted by Gasteiger charge is 2.20. The van der Waals surface area contributed by atoms with Crippen molar-refractivity contribution in [3.05, 3.63) is 95.2 Å². The zero-order valence-electron chi connectivity index (χ0n) is 27.4. The minimum Gasteiger partial charge on any atom is -0.505 e. The van der Waals surface area contributed by atoms with Gasteiger partial charge in [0.05, 0.1) is 40.0 Å². The Bertz CT molecular complexity index is 2450. The van der Waals surface area contributed by atoms with Crippen molar-refractivity contribution in [1.29, 1.82) is 0 Å². The van der Waals surface area contributed by atoms with Crippen LogP contribution in [0, 0.1) is 6.08 Å². The molecular formula is C30H29FN8O12S3. The van der Waals surface area contributed by atoms with E-state index in [1.807, 2.05) is 0 Å². The molecule has 4 rings (SSSR count). The summed E-state index contributed by atoms with van der Waals surface area (Å²) in [5, 5.41) is 34.3. The van der Waals surface area contributed by atoms with Crippen LogP contribution < -0.4 is 10.6 Å². The quantitative estimate of drug-likeness (QED) is 0.0373. The molecule has 54 heavy (non-hydrogen) atoms. The number of hydrogen-bond acceptors (Lipinski definition) is 17. The van der Waals surface area contributed by atoms with Crippen LogP contribution in [-0.2, 0) is 34.8 Å². The Labute approximate surface area is 306 Å². The lowest BCUT2D eigenvalue weighted by Gasteiger charge is -2.12. The fraction of sp³-hybridized carbons (Fsp3) is 0.167. The van der Waals surface area contributed by atoms with Crippen LogP contribution in [0.25, 0.3) is 0 Å². The smallest absolute Gasteiger partial charge is 0.337 e. The van der Waals surface area contributed by atoms with Crippen LogP contribution >= 0.6 is 0 Å². The molecule has 286 valence electrons. The summed E-state index contributed by atoms with van der Waals surface area (Å²) >= 11 is 0. The molecule has 0 amide bonds. The Morgan fingerprint density at radius 1 is 0.981 bits per heavy atom. The highest BCUT2D eigenvalue weighted by atomic mass is 32.2. The summed E-state index contributed by atoms with van der Waals surface area (Å²) in [5.74, 6) is -3.60. The molecule has 2 aromatic carbocycles. The Morgan fingerprint density at radius 2 is 1.70 bits per heavy atom. The first-order chi connectivity index (χ1) is 25.4. The predicted octanol–water partition coefficient (Wildman–Crippen LogP) is 3.57. The fourth-order valence-corrected chi connectivity index (χ4v) is 5.75. The van der Waals surface area contributed by atoms with Crippen molar-refractivity contribution in [1.82, 2.24) is 15.0 Å². The number of azo groups is 1. The number of carboxylic acids is 1. The molecular weight excluding hydrogens is 780 g/mol. The van der Waals surface area contributed by atoms with E-state index in [-0.39, 0.29) is 49.3 Å². The topological polar surface area (TPSA) is 309 Å². The summed E-state index contributed by atoms with van der Waals surface area (Å²) in [6, 6.07) is 4.12. The third-order valence-electron chi connectivity index (χ3n) is 6.81. The van der Waals surface area contributed by atoms with Gasteiger partial charge in [-0.05, 0) is 36.8 Å². The van der Waals surface area contributed by atoms with Crippen molar-refractivity contribution in [2.45, 2.75) is 16.2 Å². The number of anilines is 3. The highest BCUT2D eigenvalue weighted by Crippen LogP contribution is 2.33. The van der Waals surface area contributed by atoms with Gasteiger partial charge in [0.15, 0.2) is 15.7 Å². The standard InChI is InChI=1S/C30H29FN8O12S3/c1-2-52(43,44)13-12-51-11-10-32-29-35-28(31)36-30(37-29)34-24-16-21(54(48,49)50)14-19(25(24)40)17-33-26(18-6-4-3-5-7-18)39-38-23-15-20(53(45,46)47)8-9-22(23)27(41)42/h2-6,8-9,14-17,40H,1,7,10-13H2,(H,41,42)(H,45,46,47)(H,48,49,50)(H2,32,34,35,36,37). The number of aromatic nitrogens is 3. The largest absolute Gasteiger partial charge is 0.505 e. The van der Waals surface area contributed by atoms with Crippen LogP contribution in [0.15, 0.2) is 103 Å². The zero-order chi connectivity index (χ0) is 39.7. The second-order valence-electron chi connectivity index (χ2n) is 10.6. The minimum atomic E-state index is -4.95. The van der Waals surface area contributed by atoms with Crippen LogP contribution in [0.5, 0.6) is 5.75 Å². The summed E-state index contributed by atoms with van der Waals surface area (Å²) in [4.78, 5) is 25.4. The molecule has 0 aliphatic heterocycles. The number of aliphatic imine (C=N–C) groups is 1. The lowest BCUT2D eigenvalue weighted by atomic mass is 10.1. The van der Waals surface area contributed by atoms with Gasteiger partial charge in [-0.3, -0.25) is 9.11 Å². The molecule has 3 aromatic rings. The number of hydrogen-bond donors (Lipinski definition) is 6. The average Bonchev–Trinajstić information content (AvgIpc) is 3.10. The number of phenolic OH excluding ortho intramolecular Hbond substituents is 1. The number of phenols is 1. The number of sulfone groups is 1. The number of carbonyl (C=O) groups is 1. The first kappa shape index (κ1) is 41.0. The molecule has 1 aliphatic carbocycles. The SMILES string of the molecule is C=CS(=O)(=O)CCOCCNc1nc(F)nc(Nc2cc(S(=O)(=O)O)cc(C=NC(N=Nc3cc(S(=O)(=O)O)ccc3C(=O)O)=C3C=CC=CC3)c2O)n1. The van der Waals surface area contributed by atoms with Crippen molar-refractivity contribution >= 4 is 65.5 Å². The molecule has 24 heteroatoms. The molecule has 1 aliphatic rings. The lowest BCUT2D eigenvalue weighted by molar-refractivity contribution is 0.0697. The number of nitrogens with one attached hydrogen (secondary N) is 2. The predicted molar refractivity (Wildman–Crippen MR) is 190 cm³/mol. The first-order valence-corrected chi connectivity index (χ1v) is 19.5. The summed E-state index contributed by atoms with van der Waals surface area (Å²) in [5.41, 5.74) is -1.41. The zero-order valence-corrected chi connectivity index (χ0v) is 29.9. The van der Waals surface area contributed by atoms with Gasteiger partial charge in [0.1, 0.15) is 11.4 Å². The maximum atomic E-state index is 14.3. The Kier molecular flexibility index (Phi) is 13.2. The van der Waals surface area contributed by atoms with E-state index in [2.05, 4.69) is 47.4 Å². The molecule has 0 fully saturated rings. The summed E-state index contributed by atoms with van der Waals surface area (Å²) in [6.07, 6.45) is 6.37. The van der Waals surface area contributed by atoms with Crippen LogP contribution in [0.2, 0.25) is 0 Å². The maximum absolute atomic E-state index is 14.3. The monoisotopic (exact) mass is 808 g/mol. The average molecular weight is 809 g/mol. The van der Waals surface area contributed by atoms with Gasteiger partial charge in [0, 0.05) is 29.3 Å². The number of aromatic carboxylic acids is 1. The molecule has 0 radical (unpaired) electrons. The van der Waals surface area contributed by atoms with Crippen molar-refractivity contribution in [3.8, 4) is 5.75 Å². The summed E-state index contributed by atoms with van der Waals surface area (Å²) in [7, 11) is -13.2. The number of carboxylic acid groups (broad SMARTS) is 1. The van der Waals surface area contributed by atoms with Gasteiger partial charge in [-0.2, -0.15) is 36.2 Å².